The minimum absolute atomic E-state index is 0.0929. The summed E-state index contributed by atoms with van der Waals surface area (Å²) in [6.07, 6.45) is 0. The third-order valence-corrected chi connectivity index (χ3v) is 5.84. The highest BCUT2D eigenvalue weighted by Crippen LogP contribution is 2.27. The third kappa shape index (κ3) is 3.84. The number of ether oxygens (including phenoxy) is 1. The first-order valence-corrected chi connectivity index (χ1v) is 10.5. The Hall–Kier alpha value is -3.09. The standard InChI is InChI=1S/C23H17ClN2O3S/c1-29-21-13-7-3-9-16(21)20(27)14-30-23-25-18-11-5-2-8-15(18)22(28)26(23)19-12-6-4-10-17(19)24/h2-13H,14H2,1H3. The van der Waals surface area contributed by atoms with Crippen molar-refractivity contribution in [3.8, 4) is 11.4 Å². The summed E-state index contributed by atoms with van der Waals surface area (Å²) in [6, 6.07) is 21.2. The maximum absolute atomic E-state index is 13.3. The van der Waals surface area contributed by atoms with E-state index in [0.717, 1.165) is 0 Å². The summed E-state index contributed by atoms with van der Waals surface area (Å²) < 4.78 is 6.75. The number of hydrogen-bond donors (Lipinski definition) is 0. The Morgan fingerprint density at radius 2 is 1.73 bits per heavy atom. The van der Waals surface area contributed by atoms with Crippen LogP contribution in [0.1, 0.15) is 10.4 Å². The van der Waals surface area contributed by atoms with Crippen molar-refractivity contribution in [2.24, 2.45) is 0 Å². The van der Waals surface area contributed by atoms with E-state index in [4.69, 9.17) is 16.3 Å². The Morgan fingerprint density at radius 1 is 1.03 bits per heavy atom. The first-order chi connectivity index (χ1) is 14.6. The molecule has 3 aromatic carbocycles. The molecule has 1 aromatic heterocycles. The van der Waals surface area contributed by atoms with Gasteiger partial charge in [-0.3, -0.25) is 14.2 Å². The van der Waals surface area contributed by atoms with Crippen molar-refractivity contribution in [2.45, 2.75) is 5.16 Å². The highest BCUT2D eigenvalue weighted by Gasteiger charge is 2.18. The molecule has 0 saturated heterocycles. The van der Waals surface area contributed by atoms with Gasteiger partial charge in [-0.05, 0) is 36.4 Å². The number of aromatic nitrogens is 2. The van der Waals surface area contributed by atoms with Crippen molar-refractivity contribution in [3.05, 3.63) is 93.7 Å². The van der Waals surface area contributed by atoms with E-state index in [1.165, 1.54) is 23.4 Å². The molecule has 0 radical (unpaired) electrons. The molecule has 1 heterocycles. The number of ketones is 1. The lowest BCUT2D eigenvalue weighted by Crippen LogP contribution is -2.22. The Bertz CT molecular complexity index is 1300. The van der Waals surface area contributed by atoms with Gasteiger partial charge in [0.05, 0.1) is 40.0 Å². The van der Waals surface area contributed by atoms with E-state index < -0.39 is 0 Å². The van der Waals surface area contributed by atoms with Crippen molar-refractivity contribution < 1.29 is 9.53 Å². The zero-order valence-electron chi connectivity index (χ0n) is 16.0. The van der Waals surface area contributed by atoms with E-state index in [2.05, 4.69) is 4.98 Å². The zero-order valence-corrected chi connectivity index (χ0v) is 17.6. The Kier molecular flexibility index (Phi) is 5.88. The fourth-order valence-electron chi connectivity index (χ4n) is 3.14. The smallest absolute Gasteiger partial charge is 0.266 e. The van der Waals surface area contributed by atoms with E-state index in [0.29, 0.717) is 38.1 Å². The minimum atomic E-state index is -0.235. The van der Waals surface area contributed by atoms with E-state index >= 15 is 0 Å². The summed E-state index contributed by atoms with van der Waals surface area (Å²) in [5, 5.41) is 1.31. The first kappa shape index (κ1) is 20.2. The van der Waals surface area contributed by atoms with Crippen LogP contribution >= 0.6 is 23.4 Å². The number of Topliss-reactive ketones (excluding diaryl/α,β-unsaturated/α-hetero) is 1. The number of carbonyl (C=O) groups is 1. The van der Waals surface area contributed by atoms with E-state index in [1.54, 1.807) is 60.7 Å². The predicted octanol–water partition coefficient (Wildman–Crippen LogP) is 5.02. The highest BCUT2D eigenvalue weighted by atomic mass is 35.5. The van der Waals surface area contributed by atoms with Crippen LogP contribution in [0.4, 0.5) is 0 Å². The molecule has 0 N–H and O–H groups in total. The summed E-state index contributed by atoms with van der Waals surface area (Å²) in [5.74, 6) is 0.485. The van der Waals surface area contributed by atoms with Crippen LogP contribution in [0.3, 0.4) is 0 Å². The minimum Gasteiger partial charge on any atom is -0.496 e. The quantitative estimate of drug-likeness (QED) is 0.241. The number of rotatable bonds is 6. The fourth-order valence-corrected chi connectivity index (χ4v) is 4.25. The van der Waals surface area contributed by atoms with Gasteiger partial charge in [0.1, 0.15) is 5.75 Å². The van der Waals surface area contributed by atoms with Gasteiger partial charge < -0.3 is 4.74 Å². The molecular formula is C23H17ClN2O3S. The summed E-state index contributed by atoms with van der Waals surface area (Å²) in [4.78, 5) is 30.7. The molecule has 30 heavy (non-hydrogen) atoms. The molecular weight excluding hydrogens is 420 g/mol. The van der Waals surface area contributed by atoms with Crippen molar-refractivity contribution in [1.82, 2.24) is 9.55 Å². The van der Waals surface area contributed by atoms with Crippen LogP contribution in [0.5, 0.6) is 5.75 Å². The molecule has 0 saturated carbocycles. The molecule has 5 nitrogen and oxygen atoms in total. The molecule has 0 fully saturated rings. The molecule has 0 bridgehead atoms. The summed E-state index contributed by atoms with van der Waals surface area (Å²) in [5.41, 5.74) is 1.34. The summed E-state index contributed by atoms with van der Waals surface area (Å²) >= 11 is 7.56. The number of halogens is 1. The molecule has 0 unspecified atom stereocenters. The van der Waals surface area contributed by atoms with Gasteiger partial charge in [0, 0.05) is 0 Å². The zero-order chi connectivity index (χ0) is 21.1. The second-order valence-corrected chi connectivity index (χ2v) is 7.77. The normalized spacial score (nSPS) is 10.9. The van der Waals surface area contributed by atoms with Crippen molar-refractivity contribution >= 4 is 40.0 Å². The molecule has 0 aliphatic rings. The van der Waals surface area contributed by atoms with Gasteiger partial charge in [0.25, 0.3) is 5.56 Å². The van der Waals surface area contributed by atoms with Gasteiger partial charge >= 0.3 is 0 Å². The molecule has 0 spiro atoms. The number of para-hydroxylation sites is 3. The molecule has 0 aliphatic carbocycles. The number of hydrogen-bond acceptors (Lipinski definition) is 5. The number of nitrogens with zero attached hydrogens (tertiary/aromatic N) is 2. The number of carbonyl (C=O) groups excluding carboxylic acids is 1. The molecule has 4 rings (SSSR count). The average molecular weight is 437 g/mol. The van der Waals surface area contributed by atoms with Crippen LogP contribution in [-0.2, 0) is 0 Å². The van der Waals surface area contributed by atoms with Gasteiger partial charge in [-0.1, -0.05) is 59.8 Å². The monoisotopic (exact) mass is 436 g/mol. The highest BCUT2D eigenvalue weighted by molar-refractivity contribution is 7.99. The van der Waals surface area contributed by atoms with Crippen molar-refractivity contribution in [1.29, 1.82) is 0 Å². The van der Waals surface area contributed by atoms with Crippen LogP contribution in [0.15, 0.2) is 82.7 Å². The number of thioether (sulfide) groups is 1. The Morgan fingerprint density at radius 3 is 2.53 bits per heavy atom. The van der Waals surface area contributed by atoms with Gasteiger partial charge in [-0.15, -0.1) is 0 Å². The predicted molar refractivity (Wildman–Crippen MR) is 120 cm³/mol. The second kappa shape index (κ2) is 8.73. The topological polar surface area (TPSA) is 61.2 Å². The molecule has 0 atom stereocenters. The van der Waals surface area contributed by atoms with Crippen molar-refractivity contribution in [2.75, 3.05) is 12.9 Å². The van der Waals surface area contributed by atoms with Crippen LogP contribution in [0.25, 0.3) is 16.6 Å². The molecule has 0 amide bonds. The summed E-state index contributed by atoms with van der Waals surface area (Å²) in [7, 11) is 1.53. The largest absolute Gasteiger partial charge is 0.496 e. The maximum Gasteiger partial charge on any atom is 0.266 e. The number of benzene rings is 3. The molecule has 4 aromatic rings. The van der Waals surface area contributed by atoms with Crippen LogP contribution in [0, 0.1) is 0 Å². The maximum atomic E-state index is 13.3. The van der Waals surface area contributed by atoms with Gasteiger partial charge in [0.2, 0.25) is 0 Å². The summed E-state index contributed by atoms with van der Waals surface area (Å²) in [6.45, 7) is 0. The van der Waals surface area contributed by atoms with Crippen LogP contribution < -0.4 is 10.3 Å². The lowest BCUT2D eigenvalue weighted by molar-refractivity contribution is 0.101. The second-order valence-electron chi connectivity index (χ2n) is 6.42. The number of methoxy groups -OCH3 is 1. The SMILES string of the molecule is COc1ccccc1C(=O)CSc1nc2ccccc2c(=O)n1-c1ccccc1Cl. The average Bonchev–Trinajstić information content (AvgIpc) is 2.78. The first-order valence-electron chi connectivity index (χ1n) is 9.16. The van der Waals surface area contributed by atoms with Crippen LogP contribution in [0.2, 0.25) is 5.02 Å². The molecule has 7 heteroatoms. The Balaban J connectivity index is 1.78. The molecule has 150 valence electrons. The number of fused-ring (bicyclic) bond motifs is 1. The fraction of sp³-hybridized carbons (Fsp3) is 0.0870. The van der Waals surface area contributed by atoms with Gasteiger partial charge in [0.15, 0.2) is 10.9 Å². The molecule has 0 aliphatic heterocycles. The Labute approximate surface area is 182 Å². The lowest BCUT2D eigenvalue weighted by Gasteiger charge is -2.14. The van der Waals surface area contributed by atoms with Crippen LogP contribution in [-0.4, -0.2) is 28.2 Å². The van der Waals surface area contributed by atoms with E-state index in [-0.39, 0.29) is 17.1 Å². The van der Waals surface area contributed by atoms with E-state index in [1.807, 2.05) is 12.1 Å². The van der Waals surface area contributed by atoms with E-state index in [9.17, 15) is 9.59 Å². The lowest BCUT2D eigenvalue weighted by atomic mass is 10.1. The van der Waals surface area contributed by atoms with Gasteiger partial charge in [-0.2, -0.15) is 0 Å². The van der Waals surface area contributed by atoms with Gasteiger partial charge in [-0.25, -0.2) is 4.98 Å². The third-order valence-electron chi connectivity index (χ3n) is 4.58. The van der Waals surface area contributed by atoms with Crippen molar-refractivity contribution in [3.63, 3.8) is 0 Å².